The Morgan fingerprint density at radius 1 is 0.731 bits per heavy atom. The summed E-state index contributed by atoms with van der Waals surface area (Å²) in [5.41, 5.74) is 4.38. The van der Waals surface area contributed by atoms with Gasteiger partial charge in [-0.25, -0.2) is 0 Å². The largest absolute Gasteiger partial charge is 0.326 e. The van der Waals surface area contributed by atoms with Crippen LogP contribution in [0.4, 0.5) is 5.69 Å². The first-order valence-electron chi connectivity index (χ1n) is 8.84. The van der Waals surface area contributed by atoms with Crippen molar-refractivity contribution in [3.05, 3.63) is 102 Å². The van der Waals surface area contributed by atoms with E-state index in [0.29, 0.717) is 6.42 Å². The minimum Gasteiger partial charge on any atom is -0.326 e. The molecular weight excluding hydrogens is 320 g/mol. The number of anilines is 1. The fraction of sp³-hybridized carbons (Fsp3) is 0.174. The molecule has 3 nitrogen and oxygen atoms in total. The van der Waals surface area contributed by atoms with E-state index < -0.39 is 0 Å². The molecule has 0 radical (unpaired) electrons. The number of rotatable bonds is 7. The van der Waals surface area contributed by atoms with Gasteiger partial charge in [-0.2, -0.15) is 0 Å². The highest BCUT2D eigenvalue weighted by atomic mass is 16.1. The summed E-state index contributed by atoms with van der Waals surface area (Å²) < 4.78 is 0. The van der Waals surface area contributed by atoms with Gasteiger partial charge in [0.05, 0.1) is 6.42 Å². The molecule has 0 heterocycles. The highest BCUT2D eigenvalue weighted by molar-refractivity contribution is 5.92. The zero-order valence-corrected chi connectivity index (χ0v) is 15.1. The summed E-state index contributed by atoms with van der Waals surface area (Å²) in [5, 5.41) is 2.96. The lowest BCUT2D eigenvalue weighted by Crippen LogP contribution is -2.17. The van der Waals surface area contributed by atoms with Crippen LogP contribution < -0.4 is 5.32 Å². The lowest BCUT2D eigenvalue weighted by atomic mass is 10.1. The molecule has 3 aromatic carbocycles. The number of nitrogens with zero attached hydrogens (tertiary/aromatic N) is 1. The number of hydrogen-bond acceptors (Lipinski definition) is 2. The molecule has 1 N–H and O–H groups in total. The Balaban J connectivity index is 1.50. The minimum absolute atomic E-state index is 0.00476. The van der Waals surface area contributed by atoms with E-state index in [1.54, 1.807) is 0 Å². The molecule has 0 aliphatic carbocycles. The monoisotopic (exact) mass is 344 g/mol. The van der Waals surface area contributed by atoms with Crippen molar-refractivity contribution in [1.82, 2.24) is 4.90 Å². The van der Waals surface area contributed by atoms with E-state index >= 15 is 0 Å². The lowest BCUT2D eigenvalue weighted by molar-refractivity contribution is -0.115. The zero-order chi connectivity index (χ0) is 18.2. The molecule has 0 aliphatic heterocycles. The van der Waals surface area contributed by atoms with Gasteiger partial charge in [0, 0.05) is 18.8 Å². The van der Waals surface area contributed by atoms with Crippen molar-refractivity contribution in [2.75, 3.05) is 12.4 Å². The van der Waals surface area contributed by atoms with Crippen LogP contribution in [0.1, 0.15) is 16.7 Å². The van der Waals surface area contributed by atoms with Crippen LogP contribution in [0.25, 0.3) is 0 Å². The van der Waals surface area contributed by atoms with Gasteiger partial charge in [0.2, 0.25) is 5.91 Å². The predicted molar refractivity (Wildman–Crippen MR) is 107 cm³/mol. The van der Waals surface area contributed by atoms with Crippen molar-refractivity contribution in [2.45, 2.75) is 19.5 Å². The number of benzene rings is 3. The number of carbonyl (C=O) groups is 1. The van der Waals surface area contributed by atoms with E-state index in [-0.39, 0.29) is 5.91 Å². The molecule has 26 heavy (non-hydrogen) atoms. The van der Waals surface area contributed by atoms with Crippen LogP contribution in [-0.4, -0.2) is 17.9 Å². The molecule has 0 aromatic heterocycles. The maximum Gasteiger partial charge on any atom is 0.228 e. The maximum absolute atomic E-state index is 12.1. The Labute approximate surface area is 155 Å². The number of hydrogen-bond donors (Lipinski definition) is 1. The smallest absolute Gasteiger partial charge is 0.228 e. The van der Waals surface area contributed by atoms with Crippen molar-refractivity contribution in [3.63, 3.8) is 0 Å². The van der Waals surface area contributed by atoms with Crippen molar-refractivity contribution < 1.29 is 4.79 Å². The van der Waals surface area contributed by atoms with Crippen molar-refractivity contribution in [2.24, 2.45) is 0 Å². The molecule has 0 spiro atoms. The second-order valence-corrected chi connectivity index (χ2v) is 6.57. The fourth-order valence-corrected chi connectivity index (χ4v) is 2.94. The van der Waals surface area contributed by atoms with Gasteiger partial charge in [-0.3, -0.25) is 9.69 Å². The van der Waals surface area contributed by atoms with Gasteiger partial charge in [0.1, 0.15) is 0 Å². The molecule has 0 saturated heterocycles. The molecule has 132 valence electrons. The van der Waals surface area contributed by atoms with Crippen LogP contribution in [0, 0.1) is 0 Å². The molecule has 3 heteroatoms. The summed E-state index contributed by atoms with van der Waals surface area (Å²) in [6.07, 6.45) is 0.391. The highest BCUT2D eigenvalue weighted by Gasteiger charge is 2.05. The first-order valence-corrected chi connectivity index (χ1v) is 8.84. The second-order valence-electron chi connectivity index (χ2n) is 6.57. The number of carbonyl (C=O) groups excluding carboxylic acids is 1. The molecule has 0 aliphatic rings. The van der Waals surface area contributed by atoms with Crippen molar-refractivity contribution in [3.8, 4) is 0 Å². The molecule has 3 rings (SSSR count). The van der Waals surface area contributed by atoms with Gasteiger partial charge in [-0.05, 0) is 35.9 Å². The average Bonchev–Trinajstić information content (AvgIpc) is 2.65. The van der Waals surface area contributed by atoms with E-state index in [9.17, 15) is 4.79 Å². The van der Waals surface area contributed by atoms with Gasteiger partial charge in [0.25, 0.3) is 0 Å². The van der Waals surface area contributed by atoms with Crippen molar-refractivity contribution >= 4 is 11.6 Å². The van der Waals surface area contributed by atoms with Gasteiger partial charge in [-0.15, -0.1) is 0 Å². The van der Waals surface area contributed by atoms with E-state index in [1.807, 2.05) is 48.5 Å². The Kier molecular flexibility index (Phi) is 6.18. The summed E-state index contributed by atoms with van der Waals surface area (Å²) in [5.74, 6) is 0.00476. The normalized spacial score (nSPS) is 10.7. The van der Waals surface area contributed by atoms with Gasteiger partial charge in [0.15, 0.2) is 0 Å². The lowest BCUT2D eigenvalue weighted by Gasteiger charge is -2.17. The van der Waals surface area contributed by atoms with Crippen LogP contribution in [0.15, 0.2) is 84.9 Å². The van der Waals surface area contributed by atoms with Crippen LogP contribution in [0.3, 0.4) is 0 Å². The first kappa shape index (κ1) is 17.9. The molecule has 0 bridgehead atoms. The fourth-order valence-electron chi connectivity index (χ4n) is 2.94. The van der Waals surface area contributed by atoms with E-state index in [2.05, 4.69) is 53.7 Å². The van der Waals surface area contributed by atoms with E-state index in [0.717, 1.165) is 24.3 Å². The number of amides is 1. The first-order chi connectivity index (χ1) is 12.7. The van der Waals surface area contributed by atoms with Crippen LogP contribution in [0.2, 0.25) is 0 Å². The Morgan fingerprint density at radius 3 is 1.81 bits per heavy atom. The summed E-state index contributed by atoms with van der Waals surface area (Å²) >= 11 is 0. The topological polar surface area (TPSA) is 32.3 Å². The van der Waals surface area contributed by atoms with Crippen LogP contribution in [0.5, 0.6) is 0 Å². The standard InChI is InChI=1S/C23H24N2O/c1-25(17-20-10-6-3-7-11-20)18-21-12-14-22(15-13-21)24-23(26)16-19-8-4-2-5-9-19/h2-15H,16-18H2,1H3,(H,24,26). The molecule has 0 saturated carbocycles. The summed E-state index contributed by atoms with van der Waals surface area (Å²) in [7, 11) is 2.11. The van der Waals surface area contributed by atoms with Gasteiger partial charge >= 0.3 is 0 Å². The summed E-state index contributed by atoms with van der Waals surface area (Å²) in [6, 6.07) is 28.3. The van der Waals surface area contributed by atoms with Gasteiger partial charge in [-0.1, -0.05) is 72.8 Å². The Morgan fingerprint density at radius 2 is 1.23 bits per heavy atom. The SMILES string of the molecule is CN(Cc1ccccc1)Cc1ccc(NC(=O)Cc2ccccc2)cc1. The van der Waals surface area contributed by atoms with Crippen molar-refractivity contribution in [1.29, 1.82) is 0 Å². The molecule has 1 amide bonds. The summed E-state index contributed by atoms with van der Waals surface area (Å²) in [4.78, 5) is 14.4. The third kappa shape index (κ3) is 5.57. The Bertz CT molecular complexity index is 814. The zero-order valence-electron chi connectivity index (χ0n) is 15.1. The molecular formula is C23H24N2O. The quantitative estimate of drug-likeness (QED) is 0.684. The highest BCUT2D eigenvalue weighted by Crippen LogP contribution is 2.13. The third-order valence-corrected chi connectivity index (χ3v) is 4.19. The van der Waals surface area contributed by atoms with Gasteiger partial charge < -0.3 is 5.32 Å². The molecule has 0 unspecified atom stereocenters. The predicted octanol–water partition coefficient (Wildman–Crippen LogP) is 4.50. The number of nitrogens with one attached hydrogen (secondary N) is 1. The van der Waals surface area contributed by atoms with E-state index in [4.69, 9.17) is 0 Å². The van der Waals surface area contributed by atoms with Crippen LogP contribution >= 0.6 is 0 Å². The third-order valence-electron chi connectivity index (χ3n) is 4.19. The molecule has 0 atom stereocenters. The Hall–Kier alpha value is -2.91. The minimum atomic E-state index is 0.00476. The molecule has 0 fully saturated rings. The van der Waals surface area contributed by atoms with Crippen LogP contribution in [-0.2, 0) is 24.3 Å². The maximum atomic E-state index is 12.1. The average molecular weight is 344 g/mol. The molecule has 3 aromatic rings. The second kappa shape index (κ2) is 8.97. The van der Waals surface area contributed by atoms with E-state index in [1.165, 1.54) is 11.1 Å². The summed E-state index contributed by atoms with van der Waals surface area (Å²) in [6.45, 7) is 1.78.